The van der Waals surface area contributed by atoms with Crippen molar-refractivity contribution in [1.29, 1.82) is 0 Å². The third-order valence-corrected chi connectivity index (χ3v) is 4.69. The first kappa shape index (κ1) is 15.6. The largest absolute Gasteiger partial charge is 0.335 e. The lowest BCUT2D eigenvalue weighted by Gasteiger charge is -2.04. The Morgan fingerprint density at radius 2 is 1.74 bits per heavy atom. The maximum absolute atomic E-state index is 6.14. The Hall–Kier alpha value is -2.27. The zero-order chi connectivity index (χ0) is 16.1. The Labute approximate surface area is 140 Å². The number of hydrogen-bond donors (Lipinski definition) is 1. The monoisotopic (exact) mass is 324 g/mol. The predicted octanol–water partition coefficient (Wildman–Crippen LogP) is 3.69. The van der Waals surface area contributed by atoms with Crippen molar-refractivity contribution in [2.45, 2.75) is 24.9 Å². The molecule has 0 radical (unpaired) electrons. The van der Waals surface area contributed by atoms with E-state index in [1.807, 2.05) is 18.2 Å². The molecule has 0 bridgehead atoms. The van der Waals surface area contributed by atoms with Crippen molar-refractivity contribution in [1.82, 2.24) is 14.9 Å². The number of rotatable bonds is 6. The summed E-state index contributed by atoms with van der Waals surface area (Å²) < 4.78 is 1.58. The van der Waals surface area contributed by atoms with Gasteiger partial charge in [0, 0.05) is 11.3 Å². The highest BCUT2D eigenvalue weighted by Gasteiger charge is 2.11. The minimum atomic E-state index is 0.704. The first-order valence-electron chi connectivity index (χ1n) is 7.68. The first-order chi connectivity index (χ1) is 11.2. The van der Waals surface area contributed by atoms with E-state index in [2.05, 4.69) is 53.5 Å². The van der Waals surface area contributed by atoms with Gasteiger partial charge in [0.25, 0.3) is 0 Å². The van der Waals surface area contributed by atoms with Crippen molar-refractivity contribution in [2.75, 3.05) is 11.6 Å². The average Bonchev–Trinajstić information content (AvgIpc) is 2.94. The quantitative estimate of drug-likeness (QED) is 0.427. The molecule has 0 aliphatic rings. The van der Waals surface area contributed by atoms with E-state index in [0.717, 1.165) is 29.3 Å². The number of benzene rings is 2. The number of aryl methyl sites for hydroxylation is 2. The van der Waals surface area contributed by atoms with Crippen LogP contribution in [0.2, 0.25) is 0 Å². The van der Waals surface area contributed by atoms with E-state index < -0.39 is 0 Å². The van der Waals surface area contributed by atoms with E-state index in [1.54, 1.807) is 16.4 Å². The Kier molecular flexibility index (Phi) is 4.98. The predicted molar refractivity (Wildman–Crippen MR) is 95.8 cm³/mol. The maximum Gasteiger partial charge on any atom is 0.210 e. The number of hydrogen-bond acceptors (Lipinski definition) is 4. The molecule has 4 nitrogen and oxygen atoms in total. The topological polar surface area (TPSA) is 56.7 Å². The zero-order valence-corrected chi connectivity index (χ0v) is 14.0. The van der Waals surface area contributed by atoms with Gasteiger partial charge in [-0.15, -0.1) is 10.2 Å². The van der Waals surface area contributed by atoms with Crippen LogP contribution in [0.1, 0.15) is 17.5 Å². The lowest BCUT2D eigenvalue weighted by atomic mass is 10.1. The fourth-order valence-corrected chi connectivity index (χ4v) is 3.15. The number of thioether (sulfide) groups is 1. The third kappa shape index (κ3) is 3.93. The molecule has 1 aromatic heterocycles. The molecular weight excluding hydrogens is 304 g/mol. The van der Waals surface area contributed by atoms with Gasteiger partial charge in [-0.25, -0.2) is 4.68 Å². The molecule has 0 atom stereocenters. The molecule has 0 amide bonds. The first-order valence-corrected chi connectivity index (χ1v) is 8.67. The highest BCUT2D eigenvalue weighted by molar-refractivity contribution is 7.99. The molecule has 5 heteroatoms. The van der Waals surface area contributed by atoms with Crippen LogP contribution in [0.25, 0.3) is 11.4 Å². The summed E-state index contributed by atoms with van der Waals surface area (Å²) in [6.45, 7) is 2.06. The van der Waals surface area contributed by atoms with Crippen LogP contribution in [0.3, 0.4) is 0 Å². The van der Waals surface area contributed by atoms with Crippen molar-refractivity contribution in [3.8, 4) is 11.4 Å². The number of nitrogen functional groups attached to an aromatic ring is 1. The molecule has 0 spiro atoms. The van der Waals surface area contributed by atoms with Gasteiger partial charge < -0.3 is 5.84 Å². The summed E-state index contributed by atoms with van der Waals surface area (Å²) in [6, 6.07) is 18.7. The molecule has 0 aliphatic carbocycles. The number of nitrogens with zero attached hydrogens (tertiary/aromatic N) is 3. The van der Waals surface area contributed by atoms with Crippen molar-refractivity contribution in [3.63, 3.8) is 0 Å². The lowest BCUT2D eigenvalue weighted by Crippen LogP contribution is -2.11. The molecule has 2 N–H and O–H groups in total. The van der Waals surface area contributed by atoms with E-state index in [-0.39, 0.29) is 0 Å². The second kappa shape index (κ2) is 7.33. The van der Waals surface area contributed by atoms with Gasteiger partial charge in [-0.2, -0.15) is 0 Å². The summed E-state index contributed by atoms with van der Waals surface area (Å²) in [5.41, 5.74) is 3.57. The summed E-state index contributed by atoms with van der Waals surface area (Å²) in [4.78, 5) is 0. The van der Waals surface area contributed by atoms with Gasteiger partial charge in [-0.3, -0.25) is 0 Å². The fraction of sp³-hybridized carbons (Fsp3) is 0.222. The third-order valence-electron chi connectivity index (χ3n) is 3.66. The smallest absolute Gasteiger partial charge is 0.210 e. The van der Waals surface area contributed by atoms with Crippen LogP contribution in [0.4, 0.5) is 0 Å². The lowest BCUT2D eigenvalue weighted by molar-refractivity contribution is 0.844. The zero-order valence-electron chi connectivity index (χ0n) is 13.1. The van der Waals surface area contributed by atoms with E-state index in [4.69, 9.17) is 5.84 Å². The van der Waals surface area contributed by atoms with Crippen molar-refractivity contribution in [3.05, 3.63) is 65.7 Å². The van der Waals surface area contributed by atoms with Gasteiger partial charge in [0.15, 0.2) is 5.82 Å². The van der Waals surface area contributed by atoms with Crippen LogP contribution < -0.4 is 5.84 Å². The van der Waals surface area contributed by atoms with Crippen LogP contribution >= 0.6 is 11.8 Å². The van der Waals surface area contributed by atoms with Crippen LogP contribution in [-0.4, -0.2) is 20.6 Å². The van der Waals surface area contributed by atoms with E-state index in [9.17, 15) is 0 Å². The highest BCUT2D eigenvalue weighted by atomic mass is 32.2. The molecule has 0 saturated carbocycles. The molecule has 0 saturated heterocycles. The molecule has 2 aromatic carbocycles. The van der Waals surface area contributed by atoms with Gasteiger partial charge in [-0.05, 0) is 25.3 Å². The molecular formula is C18H20N4S. The van der Waals surface area contributed by atoms with Gasteiger partial charge >= 0.3 is 0 Å². The molecule has 118 valence electrons. The normalized spacial score (nSPS) is 10.8. The van der Waals surface area contributed by atoms with Crippen LogP contribution in [-0.2, 0) is 6.42 Å². The molecule has 0 unspecified atom stereocenters. The van der Waals surface area contributed by atoms with Gasteiger partial charge in [0.2, 0.25) is 5.16 Å². The summed E-state index contributed by atoms with van der Waals surface area (Å²) in [6.07, 6.45) is 2.15. The summed E-state index contributed by atoms with van der Waals surface area (Å²) in [5, 5.41) is 9.19. The second-order valence-corrected chi connectivity index (χ2v) is 6.54. The standard InChI is InChI=1S/C18H20N4S/c1-14-9-11-16(12-10-14)17-20-21-18(22(17)19)23-13-5-8-15-6-3-2-4-7-15/h2-4,6-7,9-12H,5,8,13,19H2,1H3. The SMILES string of the molecule is Cc1ccc(-c2nnc(SCCCc3ccccc3)n2N)cc1. The van der Waals surface area contributed by atoms with Crippen LogP contribution in [0, 0.1) is 6.92 Å². The Bertz CT molecular complexity index is 750. The summed E-state index contributed by atoms with van der Waals surface area (Å²) in [7, 11) is 0. The number of aromatic nitrogens is 3. The Morgan fingerprint density at radius 1 is 1.00 bits per heavy atom. The fourth-order valence-electron chi connectivity index (χ4n) is 2.36. The van der Waals surface area contributed by atoms with E-state index >= 15 is 0 Å². The Morgan fingerprint density at radius 3 is 2.48 bits per heavy atom. The van der Waals surface area contributed by atoms with Crippen LogP contribution in [0.15, 0.2) is 59.8 Å². The van der Waals surface area contributed by atoms with Crippen molar-refractivity contribution >= 4 is 11.8 Å². The molecule has 23 heavy (non-hydrogen) atoms. The minimum Gasteiger partial charge on any atom is -0.335 e. The van der Waals surface area contributed by atoms with E-state index in [1.165, 1.54) is 11.1 Å². The molecule has 3 rings (SSSR count). The van der Waals surface area contributed by atoms with Crippen molar-refractivity contribution < 1.29 is 0 Å². The molecule has 0 fully saturated rings. The van der Waals surface area contributed by atoms with Gasteiger partial charge in [0.05, 0.1) is 0 Å². The van der Waals surface area contributed by atoms with Crippen molar-refractivity contribution in [2.24, 2.45) is 0 Å². The van der Waals surface area contributed by atoms with Crippen LogP contribution in [0.5, 0.6) is 0 Å². The number of nitrogens with two attached hydrogens (primary N) is 1. The second-order valence-electron chi connectivity index (χ2n) is 5.48. The average molecular weight is 324 g/mol. The summed E-state index contributed by atoms with van der Waals surface area (Å²) >= 11 is 1.65. The minimum absolute atomic E-state index is 0.704. The molecule has 1 heterocycles. The highest BCUT2D eigenvalue weighted by Crippen LogP contribution is 2.22. The van der Waals surface area contributed by atoms with Gasteiger partial charge in [0.1, 0.15) is 0 Å². The maximum atomic E-state index is 6.14. The molecule has 3 aromatic rings. The Balaban J connectivity index is 1.58. The molecule has 0 aliphatic heterocycles. The van der Waals surface area contributed by atoms with Gasteiger partial charge in [-0.1, -0.05) is 71.9 Å². The van der Waals surface area contributed by atoms with E-state index in [0.29, 0.717) is 5.82 Å². The summed E-state index contributed by atoms with van der Waals surface area (Å²) in [5.74, 6) is 7.81.